The Hall–Kier alpha value is -4.39. The molecule has 2 amide bonds. The summed E-state index contributed by atoms with van der Waals surface area (Å²) in [4.78, 5) is 45.3. The summed E-state index contributed by atoms with van der Waals surface area (Å²) >= 11 is 12.2. The highest BCUT2D eigenvalue weighted by atomic mass is 35.5. The molecule has 6 nitrogen and oxygen atoms in total. The molecule has 3 aliphatic heterocycles. The van der Waals surface area contributed by atoms with Crippen molar-refractivity contribution in [2.24, 2.45) is 5.92 Å². The van der Waals surface area contributed by atoms with Crippen LogP contribution in [0, 0.1) is 5.92 Å². The number of hydrogen-bond acceptors (Lipinski definition) is 4. The normalized spacial score (nSPS) is 23.5. The van der Waals surface area contributed by atoms with E-state index in [-0.39, 0.29) is 11.7 Å². The Morgan fingerprint density at radius 2 is 1.49 bits per heavy atom. The number of halogens is 2. The minimum atomic E-state index is -1.38. The number of amides is 2. The largest absolute Gasteiger partial charge is 0.350 e. The SMILES string of the molecule is O=C(Nc1ccc(Cl)cc1)[C@@H]1[C@H](C(=O)c2ccc(Cl)cc2)[C@@]2(C(=O)Nc3ccccc32)[C@H]2C=Cc3ccccc3N12. The van der Waals surface area contributed by atoms with Gasteiger partial charge in [0.25, 0.3) is 0 Å². The summed E-state index contributed by atoms with van der Waals surface area (Å²) in [6.07, 6.45) is 3.91. The Morgan fingerprint density at radius 3 is 2.24 bits per heavy atom. The molecule has 41 heavy (non-hydrogen) atoms. The maximum Gasteiger partial charge on any atom is 0.247 e. The molecule has 0 unspecified atom stereocenters. The molecular weight excluding hydrogens is 557 g/mol. The smallest absolute Gasteiger partial charge is 0.247 e. The number of anilines is 3. The molecule has 0 saturated carbocycles. The van der Waals surface area contributed by atoms with Gasteiger partial charge < -0.3 is 15.5 Å². The molecular formula is C33H23Cl2N3O3. The molecule has 3 aliphatic rings. The zero-order valence-electron chi connectivity index (χ0n) is 21.6. The van der Waals surface area contributed by atoms with Gasteiger partial charge in [0, 0.05) is 32.7 Å². The highest BCUT2D eigenvalue weighted by molar-refractivity contribution is 6.31. The first-order valence-electron chi connectivity index (χ1n) is 13.2. The van der Waals surface area contributed by atoms with Crippen LogP contribution in [0.4, 0.5) is 17.1 Å². The second-order valence-corrected chi connectivity index (χ2v) is 11.3. The second kappa shape index (κ2) is 9.61. The lowest BCUT2D eigenvalue weighted by molar-refractivity contribution is -0.122. The predicted molar refractivity (Wildman–Crippen MR) is 162 cm³/mol. The lowest BCUT2D eigenvalue weighted by Crippen LogP contribution is -2.51. The zero-order chi connectivity index (χ0) is 28.3. The number of para-hydroxylation sites is 2. The molecule has 2 N–H and O–H groups in total. The van der Waals surface area contributed by atoms with E-state index in [2.05, 4.69) is 10.6 Å². The molecule has 8 heteroatoms. The molecule has 0 radical (unpaired) electrons. The summed E-state index contributed by atoms with van der Waals surface area (Å²) in [6, 6.07) is 26.8. The van der Waals surface area contributed by atoms with Gasteiger partial charge >= 0.3 is 0 Å². The van der Waals surface area contributed by atoms with Crippen LogP contribution in [0.5, 0.6) is 0 Å². The van der Waals surface area contributed by atoms with Crippen LogP contribution in [0.15, 0.2) is 103 Å². The van der Waals surface area contributed by atoms with E-state index in [1.165, 1.54) is 0 Å². The Morgan fingerprint density at radius 1 is 0.829 bits per heavy atom. The van der Waals surface area contributed by atoms with Crippen molar-refractivity contribution < 1.29 is 14.4 Å². The van der Waals surface area contributed by atoms with E-state index in [1.54, 1.807) is 48.5 Å². The van der Waals surface area contributed by atoms with Gasteiger partial charge in [-0.3, -0.25) is 14.4 Å². The summed E-state index contributed by atoms with van der Waals surface area (Å²) in [5, 5.41) is 7.05. The maximum atomic E-state index is 14.7. The number of nitrogens with zero attached hydrogens (tertiary/aromatic N) is 1. The van der Waals surface area contributed by atoms with Crippen molar-refractivity contribution in [2.45, 2.75) is 17.5 Å². The maximum absolute atomic E-state index is 14.7. The minimum Gasteiger partial charge on any atom is -0.350 e. The van der Waals surface area contributed by atoms with Gasteiger partial charge in [-0.25, -0.2) is 0 Å². The van der Waals surface area contributed by atoms with E-state index in [1.807, 2.05) is 65.6 Å². The van der Waals surface area contributed by atoms with Crippen LogP contribution in [-0.4, -0.2) is 29.7 Å². The third kappa shape index (κ3) is 3.82. The number of Topliss-reactive ketones (excluding diaryl/α,β-unsaturated/α-hetero) is 1. The van der Waals surface area contributed by atoms with Crippen LogP contribution in [0.25, 0.3) is 6.08 Å². The van der Waals surface area contributed by atoms with E-state index in [4.69, 9.17) is 23.2 Å². The highest BCUT2D eigenvalue weighted by Gasteiger charge is 2.70. The van der Waals surface area contributed by atoms with Gasteiger partial charge in [-0.1, -0.05) is 71.8 Å². The monoisotopic (exact) mass is 579 g/mol. The second-order valence-electron chi connectivity index (χ2n) is 10.4. The van der Waals surface area contributed by atoms with Gasteiger partial charge in [-0.2, -0.15) is 0 Å². The van der Waals surface area contributed by atoms with Crippen molar-refractivity contribution >= 4 is 63.9 Å². The number of rotatable bonds is 4. The Bertz CT molecular complexity index is 1750. The fourth-order valence-electron chi connectivity index (χ4n) is 6.66. The molecule has 0 aromatic heterocycles. The number of nitrogens with one attached hydrogen (secondary N) is 2. The molecule has 0 aliphatic carbocycles. The fourth-order valence-corrected chi connectivity index (χ4v) is 6.91. The minimum absolute atomic E-state index is 0.313. The molecule has 202 valence electrons. The first-order chi connectivity index (χ1) is 19.9. The third-order valence-electron chi connectivity index (χ3n) is 8.33. The van der Waals surface area contributed by atoms with Gasteiger partial charge in [0.05, 0.1) is 12.0 Å². The van der Waals surface area contributed by atoms with Crippen LogP contribution in [0.3, 0.4) is 0 Å². The first kappa shape index (κ1) is 25.6. The van der Waals surface area contributed by atoms with Crippen LogP contribution in [-0.2, 0) is 15.0 Å². The van der Waals surface area contributed by atoms with Crippen LogP contribution in [0.2, 0.25) is 10.0 Å². The molecule has 7 rings (SSSR count). The molecule has 0 bridgehead atoms. The fraction of sp³-hybridized carbons (Fsp3) is 0.121. The molecule has 3 heterocycles. The van der Waals surface area contributed by atoms with Crippen molar-refractivity contribution in [3.8, 4) is 0 Å². The molecule has 1 spiro atoms. The van der Waals surface area contributed by atoms with Crippen molar-refractivity contribution in [1.82, 2.24) is 0 Å². The van der Waals surface area contributed by atoms with Crippen molar-refractivity contribution in [3.63, 3.8) is 0 Å². The molecule has 4 atom stereocenters. The Kier molecular flexibility index (Phi) is 6.00. The zero-order valence-corrected chi connectivity index (χ0v) is 23.1. The summed E-state index contributed by atoms with van der Waals surface area (Å²) in [5.41, 5.74) is 2.53. The van der Waals surface area contributed by atoms with E-state index in [9.17, 15) is 14.4 Å². The quantitative estimate of drug-likeness (QED) is 0.267. The average Bonchev–Trinajstić information content (AvgIpc) is 3.47. The molecule has 1 saturated heterocycles. The van der Waals surface area contributed by atoms with Crippen molar-refractivity contribution in [1.29, 1.82) is 0 Å². The predicted octanol–water partition coefficient (Wildman–Crippen LogP) is 6.61. The van der Waals surface area contributed by atoms with Gasteiger partial charge in [-0.15, -0.1) is 0 Å². The third-order valence-corrected chi connectivity index (χ3v) is 8.84. The number of carbonyl (C=O) groups excluding carboxylic acids is 3. The van der Waals surface area contributed by atoms with Gasteiger partial charge in [0.15, 0.2) is 5.78 Å². The van der Waals surface area contributed by atoms with Gasteiger partial charge in [0.2, 0.25) is 11.8 Å². The Balaban J connectivity index is 1.48. The first-order valence-corrected chi connectivity index (χ1v) is 14.0. The van der Waals surface area contributed by atoms with Crippen molar-refractivity contribution in [2.75, 3.05) is 15.5 Å². The number of benzene rings is 4. The summed E-state index contributed by atoms with van der Waals surface area (Å²) in [7, 11) is 0. The average molecular weight is 580 g/mol. The van der Waals surface area contributed by atoms with E-state index >= 15 is 0 Å². The highest BCUT2D eigenvalue weighted by Crippen LogP contribution is 2.57. The van der Waals surface area contributed by atoms with Gasteiger partial charge in [0.1, 0.15) is 11.5 Å². The van der Waals surface area contributed by atoms with Crippen LogP contribution < -0.4 is 15.5 Å². The standard InChI is InChI=1S/C33H23Cl2N3O3/c34-21-12-9-20(10-13-21)30(39)28-29(31(40)36-23-16-14-22(35)15-17-23)38-26-8-4-1-5-19(26)11-18-27(38)33(28)24-6-2-3-7-25(24)37-32(33)41/h1-18,27-29H,(H,36,40)(H,37,41)/t27-,28-,29+,33+/m1/s1. The summed E-state index contributed by atoms with van der Waals surface area (Å²) in [5.74, 6) is -2.10. The number of hydrogen-bond donors (Lipinski definition) is 2. The van der Waals surface area contributed by atoms with Crippen LogP contribution >= 0.6 is 23.2 Å². The van der Waals surface area contributed by atoms with Crippen molar-refractivity contribution in [3.05, 3.63) is 130 Å². The van der Waals surface area contributed by atoms with E-state index < -0.39 is 29.3 Å². The Labute approximate surface area is 246 Å². The summed E-state index contributed by atoms with van der Waals surface area (Å²) < 4.78 is 0. The van der Waals surface area contributed by atoms with E-state index in [0.717, 1.165) is 11.3 Å². The number of carbonyl (C=O) groups is 3. The topological polar surface area (TPSA) is 78.5 Å². The van der Waals surface area contributed by atoms with E-state index in [0.29, 0.717) is 32.5 Å². The lowest BCUT2D eigenvalue weighted by atomic mass is 9.64. The van der Waals surface area contributed by atoms with Gasteiger partial charge in [-0.05, 0) is 71.8 Å². The molecule has 4 aromatic rings. The molecule has 4 aromatic carbocycles. The lowest BCUT2D eigenvalue weighted by Gasteiger charge is -2.37. The summed E-state index contributed by atoms with van der Waals surface area (Å²) in [6.45, 7) is 0. The number of ketones is 1. The number of fused-ring (bicyclic) bond motifs is 6. The van der Waals surface area contributed by atoms with Crippen LogP contribution in [0.1, 0.15) is 21.5 Å². The molecule has 1 fully saturated rings.